The summed E-state index contributed by atoms with van der Waals surface area (Å²) in [5.74, 6) is 0.407. The molecule has 5 nitrogen and oxygen atoms in total. The van der Waals surface area contributed by atoms with Gasteiger partial charge in [-0.2, -0.15) is 0 Å². The maximum atomic E-state index is 12.8. The summed E-state index contributed by atoms with van der Waals surface area (Å²) in [5.41, 5.74) is 6.68. The minimum Gasteiger partial charge on any atom is -0.354 e. The van der Waals surface area contributed by atoms with E-state index in [0.717, 1.165) is 59.0 Å². The van der Waals surface area contributed by atoms with E-state index in [4.69, 9.17) is 0 Å². The zero-order chi connectivity index (χ0) is 19.8. The lowest BCUT2D eigenvalue weighted by molar-refractivity contribution is 0.0933. The molecule has 4 rings (SSSR count). The molecule has 6 heteroatoms. The fourth-order valence-electron chi connectivity index (χ4n) is 4.09. The van der Waals surface area contributed by atoms with Crippen molar-refractivity contribution in [2.75, 3.05) is 13.1 Å². The van der Waals surface area contributed by atoms with Crippen molar-refractivity contribution >= 4 is 27.5 Å². The Hall–Kier alpha value is -2.18. The second kappa shape index (κ2) is 7.68. The molecule has 3 aromatic rings. The third-order valence-corrected chi connectivity index (χ3v) is 6.52. The van der Waals surface area contributed by atoms with Crippen molar-refractivity contribution in [2.45, 2.75) is 52.5 Å². The first-order valence-corrected chi connectivity index (χ1v) is 10.9. The lowest BCUT2D eigenvalue weighted by atomic mass is 9.99. The summed E-state index contributed by atoms with van der Waals surface area (Å²) in [4.78, 5) is 21.6. The average molecular weight is 397 g/mol. The molecule has 3 N–H and O–H groups in total. The van der Waals surface area contributed by atoms with E-state index in [1.807, 2.05) is 19.9 Å². The smallest absolute Gasteiger partial charge is 0.261 e. The van der Waals surface area contributed by atoms with Crippen LogP contribution in [0.1, 0.15) is 59.2 Å². The SMILES string of the molecule is Cc1cc(-c2[nH]c3cc(C(=O)NC4CCNCC4)sc3c2C(C)C)cc(C)n1. The molecular formula is C22H28N4OS. The maximum absolute atomic E-state index is 12.8. The lowest BCUT2D eigenvalue weighted by Gasteiger charge is -2.23. The normalized spacial score (nSPS) is 15.5. The lowest BCUT2D eigenvalue weighted by Crippen LogP contribution is -2.42. The topological polar surface area (TPSA) is 69.8 Å². The van der Waals surface area contributed by atoms with Crippen LogP contribution in [0, 0.1) is 13.8 Å². The number of aryl methyl sites for hydroxylation is 2. The van der Waals surface area contributed by atoms with Crippen molar-refractivity contribution in [1.29, 1.82) is 0 Å². The maximum Gasteiger partial charge on any atom is 0.261 e. The second-order valence-corrected chi connectivity index (χ2v) is 9.11. The van der Waals surface area contributed by atoms with E-state index in [1.165, 1.54) is 10.3 Å². The van der Waals surface area contributed by atoms with Gasteiger partial charge in [-0.1, -0.05) is 13.8 Å². The second-order valence-electron chi connectivity index (χ2n) is 8.06. The summed E-state index contributed by atoms with van der Waals surface area (Å²) < 4.78 is 1.19. The molecule has 1 aliphatic rings. The number of nitrogens with zero attached hydrogens (tertiary/aromatic N) is 1. The summed E-state index contributed by atoms with van der Waals surface area (Å²) in [6.07, 6.45) is 1.99. The first-order valence-electron chi connectivity index (χ1n) is 10.0. The number of H-pyrrole nitrogens is 1. The zero-order valence-corrected chi connectivity index (χ0v) is 17.8. The van der Waals surface area contributed by atoms with Gasteiger partial charge in [0.25, 0.3) is 5.91 Å². The summed E-state index contributed by atoms with van der Waals surface area (Å²) in [6.45, 7) is 10.4. The van der Waals surface area contributed by atoms with Crippen LogP contribution in [0.3, 0.4) is 0 Å². The number of amides is 1. The standard InChI is InChI=1S/C22H28N4OS/c1-12(2)19-20(15-9-13(3)24-14(4)10-15)26-17-11-18(28-21(17)19)22(27)25-16-5-7-23-8-6-16/h9-12,16,23,26H,5-8H2,1-4H3,(H,25,27). The molecule has 4 heterocycles. The molecule has 0 atom stereocenters. The third-order valence-electron chi connectivity index (χ3n) is 5.35. The van der Waals surface area contributed by atoms with Crippen LogP contribution in [0.2, 0.25) is 0 Å². The summed E-state index contributed by atoms with van der Waals surface area (Å²) in [7, 11) is 0. The van der Waals surface area contributed by atoms with Gasteiger partial charge in [0.05, 0.1) is 20.8 Å². The summed E-state index contributed by atoms with van der Waals surface area (Å²) in [5, 5.41) is 6.54. The highest BCUT2D eigenvalue weighted by Crippen LogP contribution is 2.40. The Morgan fingerprint density at radius 1 is 1.18 bits per heavy atom. The molecule has 0 aliphatic carbocycles. The van der Waals surface area contributed by atoms with E-state index < -0.39 is 0 Å². The van der Waals surface area contributed by atoms with Gasteiger partial charge in [0.1, 0.15) is 0 Å². The van der Waals surface area contributed by atoms with E-state index in [2.05, 4.69) is 46.6 Å². The third kappa shape index (κ3) is 3.71. The van der Waals surface area contributed by atoms with Crippen molar-refractivity contribution in [1.82, 2.24) is 20.6 Å². The molecule has 1 fully saturated rings. The van der Waals surface area contributed by atoms with Crippen molar-refractivity contribution in [2.24, 2.45) is 0 Å². The molecule has 0 saturated carbocycles. The Morgan fingerprint density at radius 2 is 1.86 bits per heavy atom. The number of piperidine rings is 1. The molecule has 1 saturated heterocycles. The van der Waals surface area contributed by atoms with Crippen molar-refractivity contribution in [3.8, 4) is 11.3 Å². The highest BCUT2D eigenvalue weighted by Gasteiger charge is 2.22. The number of hydrogen-bond acceptors (Lipinski definition) is 4. The molecule has 0 unspecified atom stereocenters. The van der Waals surface area contributed by atoms with E-state index in [0.29, 0.717) is 5.92 Å². The van der Waals surface area contributed by atoms with Crippen LogP contribution in [0.25, 0.3) is 21.5 Å². The molecule has 0 radical (unpaired) electrons. The minimum absolute atomic E-state index is 0.0494. The van der Waals surface area contributed by atoms with Crippen LogP contribution in [0.5, 0.6) is 0 Å². The van der Waals surface area contributed by atoms with Gasteiger partial charge in [0.2, 0.25) is 0 Å². The average Bonchev–Trinajstić information content (AvgIpc) is 3.19. The Labute approximate surface area is 170 Å². The number of hydrogen-bond donors (Lipinski definition) is 3. The number of rotatable bonds is 4. The molecule has 3 aromatic heterocycles. The fourth-order valence-corrected chi connectivity index (χ4v) is 5.31. The van der Waals surface area contributed by atoms with Gasteiger partial charge >= 0.3 is 0 Å². The fraction of sp³-hybridized carbons (Fsp3) is 0.455. The summed E-state index contributed by atoms with van der Waals surface area (Å²) in [6, 6.07) is 6.53. The molecular weight excluding hydrogens is 368 g/mol. The number of thiophene rings is 1. The highest BCUT2D eigenvalue weighted by molar-refractivity contribution is 7.21. The number of nitrogens with one attached hydrogen (secondary N) is 3. The number of aromatic amines is 1. The molecule has 0 bridgehead atoms. The highest BCUT2D eigenvalue weighted by atomic mass is 32.1. The molecule has 0 aromatic carbocycles. The van der Waals surface area contributed by atoms with E-state index in [1.54, 1.807) is 11.3 Å². The first-order chi connectivity index (χ1) is 13.4. The minimum atomic E-state index is 0.0494. The van der Waals surface area contributed by atoms with Crippen LogP contribution in [-0.2, 0) is 0 Å². The monoisotopic (exact) mass is 396 g/mol. The van der Waals surface area contributed by atoms with E-state index >= 15 is 0 Å². The van der Waals surface area contributed by atoms with Crippen molar-refractivity contribution < 1.29 is 4.79 Å². The molecule has 148 valence electrons. The van der Waals surface area contributed by atoms with Crippen LogP contribution < -0.4 is 10.6 Å². The number of fused-ring (bicyclic) bond motifs is 1. The van der Waals surface area contributed by atoms with Gasteiger partial charge in [0.15, 0.2) is 0 Å². The predicted molar refractivity (Wildman–Crippen MR) is 116 cm³/mol. The van der Waals surface area contributed by atoms with Gasteiger partial charge in [-0.25, -0.2) is 0 Å². The van der Waals surface area contributed by atoms with Gasteiger partial charge in [0, 0.05) is 23.0 Å². The Kier molecular flexibility index (Phi) is 5.25. The van der Waals surface area contributed by atoms with Crippen molar-refractivity contribution in [3.63, 3.8) is 0 Å². The number of pyridine rings is 1. The number of carbonyl (C=O) groups excluding carboxylic acids is 1. The predicted octanol–water partition coefficient (Wildman–Crippen LogP) is 4.51. The largest absolute Gasteiger partial charge is 0.354 e. The van der Waals surface area contributed by atoms with Gasteiger partial charge in [-0.3, -0.25) is 9.78 Å². The van der Waals surface area contributed by atoms with Crippen LogP contribution in [0.15, 0.2) is 18.2 Å². The van der Waals surface area contributed by atoms with Gasteiger partial charge in [-0.15, -0.1) is 11.3 Å². The molecule has 28 heavy (non-hydrogen) atoms. The number of carbonyl (C=O) groups is 1. The van der Waals surface area contributed by atoms with Crippen LogP contribution in [0.4, 0.5) is 0 Å². The van der Waals surface area contributed by atoms with Crippen LogP contribution in [-0.4, -0.2) is 35.0 Å². The first kappa shape index (κ1) is 19.2. The summed E-state index contributed by atoms with van der Waals surface area (Å²) >= 11 is 1.60. The van der Waals surface area contributed by atoms with E-state index in [9.17, 15) is 4.79 Å². The molecule has 1 aliphatic heterocycles. The zero-order valence-electron chi connectivity index (χ0n) is 17.0. The van der Waals surface area contributed by atoms with E-state index in [-0.39, 0.29) is 11.9 Å². The Balaban J connectivity index is 1.69. The Bertz CT molecular complexity index is 991. The Morgan fingerprint density at radius 3 is 2.50 bits per heavy atom. The quantitative estimate of drug-likeness (QED) is 0.607. The van der Waals surface area contributed by atoms with Crippen LogP contribution >= 0.6 is 11.3 Å². The van der Waals surface area contributed by atoms with Crippen molar-refractivity contribution in [3.05, 3.63) is 40.0 Å². The molecule has 1 amide bonds. The molecule has 0 spiro atoms. The van der Waals surface area contributed by atoms with Gasteiger partial charge in [-0.05, 0) is 69.5 Å². The van der Waals surface area contributed by atoms with Gasteiger partial charge < -0.3 is 15.6 Å². The number of aromatic nitrogens is 2.